The van der Waals surface area contributed by atoms with Gasteiger partial charge < -0.3 is 14.5 Å². The molecule has 1 fully saturated rings. The Hall–Kier alpha value is -1.14. The Balaban J connectivity index is 2.11. The third-order valence-electron chi connectivity index (χ3n) is 3.28. The van der Waals surface area contributed by atoms with Gasteiger partial charge in [0.25, 0.3) is 0 Å². The highest BCUT2D eigenvalue weighted by molar-refractivity contribution is 7.92. The monoisotopic (exact) mass is 284 g/mol. The minimum atomic E-state index is -1.30. The number of nitrogens with one attached hydrogen (secondary N) is 1. The summed E-state index contributed by atoms with van der Waals surface area (Å²) in [5.74, 6) is -0.450. The van der Waals surface area contributed by atoms with Crippen molar-refractivity contribution in [2.45, 2.75) is 26.2 Å². The highest BCUT2D eigenvalue weighted by Crippen LogP contribution is 2.20. The molecule has 6 heteroatoms. The highest BCUT2D eigenvalue weighted by atomic mass is 32.2. The predicted molar refractivity (Wildman–Crippen MR) is 71.9 cm³/mol. The van der Waals surface area contributed by atoms with Crippen molar-refractivity contribution in [2.75, 3.05) is 26.7 Å². The Bertz CT molecular complexity index is 439. The molecule has 106 valence electrons. The van der Waals surface area contributed by atoms with Crippen molar-refractivity contribution in [1.29, 1.82) is 0 Å². The maximum atomic E-state index is 12.4. The molecule has 0 aromatic heterocycles. The number of rotatable bonds is 3. The molecule has 1 unspecified atom stereocenters. The molecule has 19 heavy (non-hydrogen) atoms. The number of likely N-dealkylation sites (tertiary alicyclic amines) is 1. The van der Waals surface area contributed by atoms with Crippen molar-refractivity contribution >= 4 is 16.8 Å². The lowest BCUT2D eigenvalue weighted by Gasteiger charge is -2.25. The Kier molecular flexibility index (Phi) is 4.76. The molecule has 0 aliphatic carbocycles. The number of quaternary nitrogens is 1. The normalized spacial score (nSPS) is 26.6. The van der Waals surface area contributed by atoms with Crippen molar-refractivity contribution in [3.05, 3.63) is 22.3 Å². The zero-order valence-electron chi connectivity index (χ0n) is 11.4. The number of esters is 1. The van der Waals surface area contributed by atoms with Crippen molar-refractivity contribution in [1.82, 2.24) is 4.90 Å². The fraction of sp³-hybridized carbons (Fsp3) is 0.615. The van der Waals surface area contributed by atoms with Crippen LogP contribution in [-0.2, 0) is 20.3 Å². The molecule has 2 aliphatic heterocycles. The van der Waals surface area contributed by atoms with Gasteiger partial charge in [-0.3, -0.25) is 4.21 Å². The first kappa shape index (κ1) is 14.3. The van der Waals surface area contributed by atoms with Gasteiger partial charge in [-0.15, -0.1) is 0 Å². The summed E-state index contributed by atoms with van der Waals surface area (Å²) in [6, 6.07) is 0. The first-order chi connectivity index (χ1) is 9.13. The number of hydrogen-bond acceptors (Lipinski definition) is 4. The van der Waals surface area contributed by atoms with E-state index in [4.69, 9.17) is 4.74 Å². The van der Waals surface area contributed by atoms with Crippen LogP contribution in [0.25, 0.3) is 0 Å². The van der Waals surface area contributed by atoms with Crippen LogP contribution in [0.2, 0.25) is 0 Å². The molecule has 1 saturated heterocycles. The molecule has 0 spiro atoms. The molecule has 1 atom stereocenters. The number of piperidine rings is 1. The molecule has 2 rings (SSSR count). The van der Waals surface area contributed by atoms with E-state index < -0.39 is 16.8 Å². The standard InChI is InChI=1S/C13H19N2O3S/c1-3-18-13(16)9-11-14(2)10-12(19(11)17)15-7-5-4-6-8-15/h9H,3-8H2,1-2H3/q-1/p+1. The third kappa shape index (κ3) is 3.25. The summed E-state index contributed by atoms with van der Waals surface area (Å²) in [7, 11) is 0.468. The molecule has 1 N–H and O–H groups in total. The molecule has 5 nitrogen and oxygen atoms in total. The Morgan fingerprint density at radius 3 is 2.79 bits per heavy atom. The summed E-state index contributed by atoms with van der Waals surface area (Å²) in [4.78, 5) is 14.3. The van der Waals surface area contributed by atoms with E-state index >= 15 is 0 Å². The maximum Gasteiger partial charge on any atom is 0.315 e. The van der Waals surface area contributed by atoms with Crippen LogP contribution < -0.4 is 4.90 Å². The van der Waals surface area contributed by atoms with Gasteiger partial charge in [0.15, 0.2) is 0 Å². The Morgan fingerprint density at radius 1 is 1.47 bits per heavy atom. The van der Waals surface area contributed by atoms with Gasteiger partial charge >= 0.3 is 5.97 Å². The lowest BCUT2D eigenvalue weighted by atomic mass is 10.1. The fourth-order valence-electron chi connectivity index (χ4n) is 2.33. The molecule has 0 bridgehead atoms. The Labute approximate surface area is 116 Å². The first-order valence-corrected chi connectivity index (χ1v) is 7.81. The van der Waals surface area contributed by atoms with Crippen LogP contribution >= 0.6 is 0 Å². The lowest BCUT2D eigenvalue weighted by Crippen LogP contribution is -3.11. The molecule has 0 amide bonds. The van der Waals surface area contributed by atoms with E-state index in [1.165, 1.54) is 17.4 Å². The van der Waals surface area contributed by atoms with E-state index in [2.05, 4.69) is 6.20 Å². The smallest absolute Gasteiger partial charge is 0.315 e. The average Bonchev–Trinajstić information content (AvgIpc) is 2.68. The molecule has 2 heterocycles. The number of carbonyl (C=O) groups is 1. The van der Waals surface area contributed by atoms with Crippen LogP contribution in [0.15, 0.2) is 16.1 Å². The van der Waals surface area contributed by atoms with Crippen LogP contribution in [-0.4, -0.2) is 41.8 Å². The van der Waals surface area contributed by atoms with Gasteiger partial charge in [-0.2, -0.15) is 0 Å². The second-order valence-corrected chi connectivity index (χ2v) is 6.03. The highest BCUT2D eigenvalue weighted by Gasteiger charge is 2.25. The second-order valence-electron chi connectivity index (χ2n) is 4.67. The van der Waals surface area contributed by atoms with Crippen molar-refractivity contribution in [2.24, 2.45) is 0 Å². The molecule has 0 radical (unpaired) electrons. The molecular weight excluding hydrogens is 264 g/mol. The van der Waals surface area contributed by atoms with E-state index in [1.54, 1.807) is 18.9 Å². The topological polar surface area (TPSA) is 51.0 Å². The van der Waals surface area contributed by atoms with Gasteiger partial charge in [0.1, 0.15) is 5.03 Å². The summed E-state index contributed by atoms with van der Waals surface area (Å²) in [5.41, 5.74) is 0. The zero-order valence-corrected chi connectivity index (χ0v) is 12.2. The quantitative estimate of drug-likeness (QED) is 0.441. The largest absolute Gasteiger partial charge is 0.500 e. The third-order valence-corrected chi connectivity index (χ3v) is 4.80. The maximum absolute atomic E-state index is 12.4. The zero-order chi connectivity index (χ0) is 13.8. The second kappa shape index (κ2) is 6.34. The van der Waals surface area contributed by atoms with Gasteiger partial charge in [-0.25, -0.2) is 4.79 Å². The molecule has 0 aromatic rings. The van der Waals surface area contributed by atoms with E-state index in [1.807, 2.05) is 0 Å². The van der Waals surface area contributed by atoms with E-state index in [0.717, 1.165) is 31.0 Å². The SMILES string of the molecule is CCOC(=O)C=C1N(C)[C-]=C([NH+]2CCCCC2)S1=O. The predicted octanol–water partition coefficient (Wildman–Crippen LogP) is -0.244. The summed E-state index contributed by atoms with van der Waals surface area (Å²) in [6.45, 7) is 4.06. The van der Waals surface area contributed by atoms with Gasteiger partial charge in [-0.05, 0) is 44.3 Å². The van der Waals surface area contributed by atoms with Crippen molar-refractivity contribution in [3.8, 4) is 0 Å². The minimum Gasteiger partial charge on any atom is -0.500 e. The van der Waals surface area contributed by atoms with Gasteiger partial charge in [0.2, 0.25) is 0 Å². The van der Waals surface area contributed by atoms with Crippen molar-refractivity contribution in [3.63, 3.8) is 0 Å². The number of hydrogen-bond donors (Lipinski definition) is 1. The fourth-order valence-corrected chi connectivity index (χ4v) is 3.72. The minimum absolute atomic E-state index is 0.320. The van der Waals surface area contributed by atoms with Crippen LogP contribution in [0, 0.1) is 6.20 Å². The molecular formula is C13H20N2O3S. The van der Waals surface area contributed by atoms with E-state index in [-0.39, 0.29) is 0 Å². The molecule has 0 saturated carbocycles. The summed E-state index contributed by atoms with van der Waals surface area (Å²) in [6.07, 6.45) is 7.96. The van der Waals surface area contributed by atoms with Gasteiger partial charge in [0, 0.05) is 0 Å². The number of carbonyl (C=O) groups excluding carboxylic acids is 1. The van der Waals surface area contributed by atoms with Crippen LogP contribution in [0.3, 0.4) is 0 Å². The van der Waals surface area contributed by atoms with Crippen LogP contribution in [0.1, 0.15) is 26.2 Å². The van der Waals surface area contributed by atoms with E-state index in [0.29, 0.717) is 11.6 Å². The van der Waals surface area contributed by atoms with E-state index in [9.17, 15) is 9.00 Å². The van der Waals surface area contributed by atoms with Crippen LogP contribution in [0.4, 0.5) is 0 Å². The average molecular weight is 284 g/mol. The van der Waals surface area contributed by atoms with Gasteiger partial charge in [0.05, 0.1) is 30.5 Å². The van der Waals surface area contributed by atoms with Crippen molar-refractivity contribution < 1.29 is 18.6 Å². The molecule has 0 aromatic carbocycles. The number of nitrogens with zero attached hydrogens (tertiary/aromatic N) is 1. The molecule has 2 aliphatic rings. The van der Waals surface area contributed by atoms with Crippen LogP contribution in [0.5, 0.6) is 0 Å². The number of ether oxygens (including phenoxy) is 1. The summed E-state index contributed by atoms with van der Waals surface area (Å²) >= 11 is 0. The first-order valence-electron chi connectivity index (χ1n) is 6.66. The summed E-state index contributed by atoms with van der Waals surface area (Å²) < 4.78 is 17.3. The van der Waals surface area contributed by atoms with Gasteiger partial charge in [-0.1, -0.05) is 6.20 Å². The Morgan fingerprint density at radius 2 is 2.16 bits per heavy atom. The lowest BCUT2D eigenvalue weighted by molar-refractivity contribution is -0.858. The summed E-state index contributed by atoms with van der Waals surface area (Å²) in [5, 5.41) is 1.23.